The predicted molar refractivity (Wildman–Crippen MR) is 65.7 cm³/mol. The Labute approximate surface area is 106 Å². The first-order chi connectivity index (χ1) is 8.40. The zero-order valence-electron chi connectivity index (χ0n) is 10.9. The fourth-order valence-corrected chi connectivity index (χ4v) is 2.33. The van der Waals surface area contributed by atoms with Crippen LogP contribution in [0.1, 0.15) is 23.1 Å². The Kier molecular flexibility index (Phi) is 3.11. The van der Waals surface area contributed by atoms with E-state index in [0.717, 1.165) is 5.69 Å². The highest BCUT2D eigenvalue weighted by Crippen LogP contribution is 2.24. The van der Waals surface area contributed by atoms with Crippen molar-refractivity contribution in [3.63, 3.8) is 0 Å². The number of aromatic nitrogens is 2. The van der Waals surface area contributed by atoms with E-state index < -0.39 is 0 Å². The SMILES string of the molecule is Cc1cc(C(=O)N2C[C@@H](C)[C@H](C(N)=O)C2)nn1C. The summed E-state index contributed by atoms with van der Waals surface area (Å²) in [4.78, 5) is 25.1. The molecule has 0 aliphatic carbocycles. The maximum absolute atomic E-state index is 12.2. The van der Waals surface area contributed by atoms with Gasteiger partial charge in [-0.3, -0.25) is 14.3 Å². The highest BCUT2D eigenvalue weighted by molar-refractivity contribution is 5.93. The molecule has 1 aliphatic heterocycles. The Morgan fingerprint density at radius 1 is 1.44 bits per heavy atom. The molecule has 0 bridgehead atoms. The summed E-state index contributed by atoms with van der Waals surface area (Å²) in [5, 5.41) is 4.16. The number of primary amides is 1. The zero-order valence-corrected chi connectivity index (χ0v) is 10.9. The van der Waals surface area contributed by atoms with Crippen LogP contribution in [-0.4, -0.2) is 39.6 Å². The van der Waals surface area contributed by atoms with Gasteiger partial charge in [-0.2, -0.15) is 5.10 Å². The molecule has 0 saturated carbocycles. The van der Waals surface area contributed by atoms with Crippen LogP contribution in [0.4, 0.5) is 0 Å². The normalized spacial score (nSPS) is 23.4. The standard InChI is InChI=1S/C12H18N4O2/c1-7-5-16(6-9(7)11(13)17)12(18)10-4-8(2)15(3)14-10/h4,7,9H,5-6H2,1-3H3,(H2,13,17)/t7-,9-/m1/s1. The fraction of sp³-hybridized carbons (Fsp3) is 0.583. The summed E-state index contributed by atoms with van der Waals surface area (Å²) in [6.45, 7) is 4.78. The molecule has 1 aliphatic rings. The van der Waals surface area contributed by atoms with Crippen molar-refractivity contribution in [2.24, 2.45) is 24.6 Å². The van der Waals surface area contributed by atoms with Gasteiger partial charge in [0.1, 0.15) is 0 Å². The third-order valence-corrected chi connectivity index (χ3v) is 3.60. The van der Waals surface area contributed by atoms with Crippen LogP contribution in [0.15, 0.2) is 6.07 Å². The Balaban J connectivity index is 2.14. The highest BCUT2D eigenvalue weighted by Gasteiger charge is 2.36. The summed E-state index contributed by atoms with van der Waals surface area (Å²) in [6, 6.07) is 1.75. The molecular weight excluding hydrogens is 232 g/mol. The smallest absolute Gasteiger partial charge is 0.274 e. The number of nitrogens with two attached hydrogens (primary N) is 1. The van der Waals surface area contributed by atoms with Gasteiger partial charge in [-0.15, -0.1) is 0 Å². The van der Waals surface area contributed by atoms with Gasteiger partial charge in [0.05, 0.1) is 5.92 Å². The molecule has 2 N–H and O–H groups in total. The minimum atomic E-state index is -0.338. The minimum absolute atomic E-state index is 0.108. The quantitative estimate of drug-likeness (QED) is 0.797. The number of carbonyl (C=O) groups excluding carboxylic acids is 2. The third kappa shape index (κ3) is 2.10. The van der Waals surface area contributed by atoms with Crippen molar-refractivity contribution in [1.82, 2.24) is 14.7 Å². The lowest BCUT2D eigenvalue weighted by Crippen LogP contribution is -2.32. The van der Waals surface area contributed by atoms with E-state index in [1.807, 2.05) is 13.8 Å². The van der Waals surface area contributed by atoms with Crippen molar-refractivity contribution < 1.29 is 9.59 Å². The molecule has 6 heteroatoms. The Morgan fingerprint density at radius 3 is 2.56 bits per heavy atom. The van der Waals surface area contributed by atoms with E-state index in [1.165, 1.54) is 0 Å². The van der Waals surface area contributed by atoms with E-state index in [4.69, 9.17) is 5.73 Å². The van der Waals surface area contributed by atoms with E-state index >= 15 is 0 Å². The molecule has 0 spiro atoms. The van der Waals surface area contributed by atoms with Gasteiger partial charge >= 0.3 is 0 Å². The largest absolute Gasteiger partial charge is 0.369 e. The van der Waals surface area contributed by atoms with Crippen LogP contribution >= 0.6 is 0 Å². The highest BCUT2D eigenvalue weighted by atomic mass is 16.2. The third-order valence-electron chi connectivity index (χ3n) is 3.60. The van der Waals surface area contributed by atoms with Gasteiger partial charge in [-0.05, 0) is 18.9 Å². The van der Waals surface area contributed by atoms with Crippen LogP contribution < -0.4 is 5.73 Å². The Morgan fingerprint density at radius 2 is 2.11 bits per heavy atom. The van der Waals surface area contributed by atoms with Gasteiger partial charge in [0.25, 0.3) is 5.91 Å². The molecule has 1 aromatic rings. The average molecular weight is 250 g/mol. The zero-order chi connectivity index (χ0) is 13.4. The van der Waals surface area contributed by atoms with Crippen LogP contribution in [0.3, 0.4) is 0 Å². The van der Waals surface area contributed by atoms with Gasteiger partial charge in [0.2, 0.25) is 5.91 Å². The van der Waals surface area contributed by atoms with E-state index in [2.05, 4.69) is 5.10 Å². The van der Waals surface area contributed by atoms with Gasteiger partial charge in [-0.25, -0.2) is 0 Å². The topological polar surface area (TPSA) is 81.2 Å². The lowest BCUT2D eigenvalue weighted by Gasteiger charge is -2.13. The molecule has 0 radical (unpaired) electrons. The summed E-state index contributed by atoms with van der Waals surface area (Å²) in [5.74, 6) is -0.612. The molecule has 18 heavy (non-hydrogen) atoms. The molecular formula is C12H18N4O2. The van der Waals surface area contributed by atoms with Crippen molar-refractivity contribution in [2.75, 3.05) is 13.1 Å². The predicted octanol–water partition coefficient (Wildman–Crippen LogP) is -0.0781. The number of likely N-dealkylation sites (tertiary alicyclic amines) is 1. The lowest BCUT2D eigenvalue weighted by atomic mass is 9.98. The molecule has 2 amide bonds. The number of carbonyl (C=O) groups is 2. The summed E-state index contributed by atoms with van der Waals surface area (Å²) in [7, 11) is 1.80. The Hall–Kier alpha value is -1.85. The van der Waals surface area contributed by atoms with E-state index in [0.29, 0.717) is 18.8 Å². The van der Waals surface area contributed by atoms with Crippen LogP contribution in [0.5, 0.6) is 0 Å². The van der Waals surface area contributed by atoms with Crippen molar-refractivity contribution in [1.29, 1.82) is 0 Å². The van der Waals surface area contributed by atoms with Crippen molar-refractivity contribution in [2.45, 2.75) is 13.8 Å². The van der Waals surface area contributed by atoms with Crippen LogP contribution in [0.25, 0.3) is 0 Å². The second-order valence-electron chi connectivity index (χ2n) is 4.99. The molecule has 2 heterocycles. The number of nitrogens with zero attached hydrogens (tertiary/aromatic N) is 3. The molecule has 6 nitrogen and oxygen atoms in total. The molecule has 98 valence electrons. The van der Waals surface area contributed by atoms with Gasteiger partial charge < -0.3 is 10.6 Å². The van der Waals surface area contributed by atoms with Crippen LogP contribution in [0.2, 0.25) is 0 Å². The summed E-state index contributed by atoms with van der Waals surface area (Å²) in [6.07, 6.45) is 0. The van der Waals surface area contributed by atoms with Gasteiger partial charge in [0.15, 0.2) is 5.69 Å². The first kappa shape index (κ1) is 12.6. The average Bonchev–Trinajstić information content (AvgIpc) is 2.82. The second-order valence-corrected chi connectivity index (χ2v) is 4.99. The first-order valence-electron chi connectivity index (χ1n) is 5.99. The monoisotopic (exact) mass is 250 g/mol. The van der Waals surface area contributed by atoms with Crippen molar-refractivity contribution in [3.8, 4) is 0 Å². The summed E-state index contributed by atoms with van der Waals surface area (Å²) < 4.78 is 1.66. The Bertz CT molecular complexity index is 475. The van der Waals surface area contributed by atoms with E-state index in [-0.39, 0.29) is 23.7 Å². The summed E-state index contributed by atoms with van der Waals surface area (Å²) in [5.41, 5.74) is 6.67. The summed E-state index contributed by atoms with van der Waals surface area (Å²) >= 11 is 0. The number of hydrogen-bond acceptors (Lipinski definition) is 3. The minimum Gasteiger partial charge on any atom is -0.369 e. The number of hydrogen-bond donors (Lipinski definition) is 1. The molecule has 2 atom stereocenters. The van der Waals surface area contributed by atoms with Gasteiger partial charge in [0, 0.05) is 25.8 Å². The molecule has 1 aromatic heterocycles. The maximum atomic E-state index is 12.2. The molecule has 1 fully saturated rings. The van der Waals surface area contributed by atoms with Gasteiger partial charge in [-0.1, -0.05) is 6.92 Å². The first-order valence-corrected chi connectivity index (χ1v) is 5.99. The molecule has 2 rings (SSSR count). The van der Waals surface area contributed by atoms with Crippen LogP contribution in [0, 0.1) is 18.8 Å². The molecule has 1 saturated heterocycles. The molecule has 0 unspecified atom stereocenters. The van der Waals surface area contributed by atoms with Crippen molar-refractivity contribution in [3.05, 3.63) is 17.5 Å². The number of aryl methyl sites for hydroxylation is 2. The second kappa shape index (κ2) is 4.44. The van der Waals surface area contributed by atoms with Crippen LogP contribution in [-0.2, 0) is 11.8 Å². The number of amides is 2. The lowest BCUT2D eigenvalue weighted by molar-refractivity contribution is -0.122. The fourth-order valence-electron chi connectivity index (χ4n) is 2.33. The molecule has 0 aromatic carbocycles. The van der Waals surface area contributed by atoms with E-state index in [1.54, 1.807) is 22.7 Å². The number of rotatable bonds is 2. The maximum Gasteiger partial charge on any atom is 0.274 e. The van der Waals surface area contributed by atoms with E-state index in [9.17, 15) is 9.59 Å². The van der Waals surface area contributed by atoms with Crippen molar-refractivity contribution >= 4 is 11.8 Å².